The molecule has 0 saturated carbocycles. The monoisotopic (exact) mass is 625 g/mol. The van der Waals surface area contributed by atoms with Gasteiger partial charge in [-0.1, -0.05) is 12.1 Å². The van der Waals surface area contributed by atoms with Gasteiger partial charge in [-0.25, -0.2) is 0 Å². The number of amides is 2. The van der Waals surface area contributed by atoms with Crippen molar-refractivity contribution in [2.24, 2.45) is 5.73 Å². The quantitative estimate of drug-likeness (QED) is 0.130. The number of nitrogens with two attached hydrogens (primary N) is 2. The lowest BCUT2D eigenvalue weighted by Gasteiger charge is -2.26. The first kappa shape index (κ1) is 35.4. The van der Waals surface area contributed by atoms with E-state index >= 15 is 0 Å². The first-order valence-corrected chi connectivity index (χ1v) is 15.3. The molecule has 0 radical (unpaired) electrons. The molecule has 0 aromatic heterocycles. The number of benzene rings is 2. The van der Waals surface area contributed by atoms with Gasteiger partial charge in [0.1, 0.15) is 6.04 Å². The minimum atomic E-state index is -0.972. The highest BCUT2D eigenvalue weighted by Gasteiger charge is 2.24. The number of nitrogens with one attached hydrogen (secondary N) is 2. The number of hydrogen-bond donors (Lipinski definition) is 6. The fourth-order valence-electron chi connectivity index (χ4n) is 5.30. The summed E-state index contributed by atoms with van der Waals surface area (Å²) in [6, 6.07) is 10.8. The Morgan fingerprint density at radius 1 is 0.778 bits per heavy atom. The van der Waals surface area contributed by atoms with Crippen LogP contribution < -0.4 is 22.1 Å². The number of carboxylic acid groups (broad SMARTS) is 2. The summed E-state index contributed by atoms with van der Waals surface area (Å²) >= 11 is 0. The second-order valence-electron chi connectivity index (χ2n) is 11.6. The van der Waals surface area contributed by atoms with Crippen molar-refractivity contribution in [3.63, 3.8) is 0 Å². The third kappa shape index (κ3) is 11.8. The Kier molecular flexibility index (Phi) is 13.7. The standard InChI is InChI=1S/C32H47N7O6/c1-22-17-24(6-8-26(22)34)25-7-9-27(23(2)18-25)36-32(45)28(5-3-4-10-33)35-29(40)19-37-11-13-38(20-30(41)42)15-16-39(14-12-37)21-31(43)44/h6-9,17-18,28H,3-5,10-16,19-21,33-34H2,1-2H3,(H,35,40)(H,36,45)(H,41,42)(H,43,44). The van der Waals surface area contributed by atoms with Crippen LogP contribution in [0.15, 0.2) is 36.4 Å². The maximum Gasteiger partial charge on any atom is 0.317 e. The predicted molar refractivity (Wildman–Crippen MR) is 174 cm³/mol. The molecule has 0 aliphatic carbocycles. The normalized spacial score (nSPS) is 15.8. The predicted octanol–water partition coefficient (Wildman–Crippen LogP) is 1.19. The lowest BCUT2D eigenvalue weighted by atomic mass is 10.00. The Hall–Kier alpha value is -4.04. The molecule has 1 saturated heterocycles. The number of carbonyl (C=O) groups excluding carboxylic acids is 2. The number of anilines is 2. The summed E-state index contributed by atoms with van der Waals surface area (Å²) in [6.07, 6.45) is 1.77. The van der Waals surface area contributed by atoms with Gasteiger partial charge in [0, 0.05) is 50.6 Å². The lowest BCUT2D eigenvalue weighted by molar-refractivity contribution is -0.140. The summed E-state index contributed by atoms with van der Waals surface area (Å²) in [4.78, 5) is 54.7. The number of carbonyl (C=O) groups is 4. The molecule has 1 unspecified atom stereocenters. The zero-order chi connectivity index (χ0) is 32.9. The highest BCUT2D eigenvalue weighted by Crippen LogP contribution is 2.27. The number of nitrogens with zero attached hydrogens (tertiary/aromatic N) is 3. The summed E-state index contributed by atoms with van der Waals surface area (Å²) in [5.74, 6) is -2.62. The number of hydrogen-bond acceptors (Lipinski definition) is 9. The van der Waals surface area contributed by atoms with E-state index < -0.39 is 18.0 Å². The number of nitrogen functional groups attached to an aromatic ring is 1. The van der Waals surface area contributed by atoms with Crippen molar-refractivity contribution in [3.05, 3.63) is 47.5 Å². The van der Waals surface area contributed by atoms with Crippen LogP contribution in [0.25, 0.3) is 11.1 Å². The smallest absolute Gasteiger partial charge is 0.317 e. The molecule has 1 heterocycles. The maximum absolute atomic E-state index is 13.5. The van der Waals surface area contributed by atoms with Gasteiger partial charge in [-0.15, -0.1) is 0 Å². The molecular weight excluding hydrogens is 578 g/mol. The largest absolute Gasteiger partial charge is 0.480 e. The topological polar surface area (TPSA) is 195 Å². The van der Waals surface area contributed by atoms with Crippen LogP contribution in [0.4, 0.5) is 11.4 Å². The number of rotatable bonds is 14. The third-order valence-electron chi connectivity index (χ3n) is 7.97. The zero-order valence-electron chi connectivity index (χ0n) is 26.3. The first-order chi connectivity index (χ1) is 21.4. The fraction of sp³-hybridized carbons (Fsp3) is 0.500. The van der Waals surface area contributed by atoms with Crippen molar-refractivity contribution < 1.29 is 29.4 Å². The summed E-state index contributed by atoms with van der Waals surface area (Å²) in [5, 5.41) is 24.4. The van der Waals surface area contributed by atoms with Gasteiger partial charge < -0.3 is 32.3 Å². The van der Waals surface area contributed by atoms with Gasteiger partial charge in [0.25, 0.3) is 0 Å². The van der Waals surface area contributed by atoms with E-state index in [4.69, 9.17) is 11.5 Å². The van der Waals surface area contributed by atoms with Gasteiger partial charge in [-0.3, -0.25) is 33.9 Å². The van der Waals surface area contributed by atoms with Crippen LogP contribution in [0.2, 0.25) is 0 Å². The minimum absolute atomic E-state index is 0.0166. The molecule has 1 atom stereocenters. The molecule has 246 valence electrons. The van der Waals surface area contributed by atoms with Crippen molar-refractivity contribution in [3.8, 4) is 11.1 Å². The van der Waals surface area contributed by atoms with Gasteiger partial charge in [0.05, 0.1) is 19.6 Å². The van der Waals surface area contributed by atoms with Crippen LogP contribution in [0.5, 0.6) is 0 Å². The maximum atomic E-state index is 13.5. The average Bonchev–Trinajstić information content (AvgIpc) is 3.06. The van der Waals surface area contributed by atoms with E-state index in [9.17, 15) is 29.4 Å². The number of aryl methyl sites for hydroxylation is 2. The van der Waals surface area contributed by atoms with Crippen LogP contribution in [0.3, 0.4) is 0 Å². The average molecular weight is 626 g/mol. The van der Waals surface area contributed by atoms with Gasteiger partial charge in [-0.05, 0) is 86.2 Å². The SMILES string of the molecule is Cc1cc(-c2ccc(NC(=O)C(CCCCN)NC(=O)CN3CCN(CC(=O)O)CCN(CC(=O)O)CC3)c(C)c2)ccc1N. The van der Waals surface area contributed by atoms with Crippen molar-refractivity contribution in [2.75, 3.05) is 76.5 Å². The summed E-state index contributed by atoms with van der Waals surface area (Å²) in [6.45, 7) is 6.45. The molecule has 1 aliphatic heterocycles. The fourth-order valence-corrected chi connectivity index (χ4v) is 5.30. The second kappa shape index (κ2) is 17.4. The molecule has 1 aliphatic rings. The summed E-state index contributed by atoms with van der Waals surface area (Å²) < 4.78 is 0. The van der Waals surface area contributed by atoms with Gasteiger partial charge in [-0.2, -0.15) is 0 Å². The number of aliphatic carboxylic acids is 2. The summed E-state index contributed by atoms with van der Waals surface area (Å²) in [7, 11) is 0. The molecular formula is C32H47N7O6. The van der Waals surface area contributed by atoms with Crippen molar-refractivity contribution in [1.82, 2.24) is 20.0 Å². The second-order valence-corrected chi connectivity index (χ2v) is 11.6. The lowest BCUT2D eigenvalue weighted by Crippen LogP contribution is -2.49. The van der Waals surface area contributed by atoms with Gasteiger partial charge in [0.2, 0.25) is 11.8 Å². The first-order valence-electron chi connectivity index (χ1n) is 15.3. The molecule has 2 aromatic carbocycles. The Morgan fingerprint density at radius 2 is 1.29 bits per heavy atom. The van der Waals surface area contributed by atoms with E-state index in [-0.39, 0.29) is 31.4 Å². The molecule has 13 nitrogen and oxygen atoms in total. The molecule has 2 aromatic rings. The Bertz CT molecular complexity index is 1310. The van der Waals surface area contributed by atoms with E-state index in [2.05, 4.69) is 10.6 Å². The highest BCUT2D eigenvalue weighted by molar-refractivity contribution is 5.98. The summed E-state index contributed by atoms with van der Waals surface area (Å²) in [5.41, 5.74) is 16.9. The molecule has 45 heavy (non-hydrogen) atoms. The Morgan fingerprint density at radius 3 is 1.78 bits per heavy atom. The molecule has 13 heteroatoms. The van der Waals surface area contributed by atoms with E-state index in [0.29, 0.717) is 70.8 Å². The van der Waals surface area contributed by atoms with Crippen LogP contribution in [-0.4, -0.2) is 120 Å². The molecule has 2 amide bonds. The highest BCUT2D eigenvalue weighted by atomic mass is 16.4. The van der Waals surface area contributed by atoms with Gasteiger partial charge in [0.15, 0.2) is 0 Å². The molecule has 0 spiro atoms. The van der Waals surface area contributed by atoms with E-state index in [1.54, 1.807) is 9.80 Å². The molecule has 0 bridgehead atoms. The van der Waals surface area contributed by atoms with Crippen LogP contribution in [0.1, 0.15) is 30.4 Å². The number of carboxylic acids is 2. The van der Waals surface area contributed by atoms with Crippen LogP contribution in [0, 0.1) is 13.8 Å². The van der Waals surface area contributed by atoms with E-state index in [0.717, 1.165) is 27.9 Å². The van der Waals surface area contributed by atoms with Crippen molar-refractivity contribution >= 4 is 35.1 Å². The zero-order valence-corrected chi connectivity index (χ0v) is 26.3. The Labute approximate surface area is 264 Å². The Balaban J connectivity index is 1.68. The van der Waals surface area contributed by atoms with Crippen LogP contribution >= 0.6 is 0 Å². The number of unbranched alkanes of at least 4 members (excludes halogenated alkanes) is 1. The van der Waals surface area contributed by atoms with Gasteiger partial charge >= 0.3 is 11.9 Å². The van der Waals surface area contributed by atoms with E-state index in [1.165, 1.54) is 0 Å². The molecule has 3 rings (SSSR count). The molecule has 8 N–H and O–H groups in total. The molecule has 1 fully saturated rings. The third-order valence-corrected chi connectivity index (χ3v) is 7.97. The van der Waals surface area contributed by atoms with Crippen molar-refractivity contribution in [1.29, 1.82) is 0 Å². The van der Waals surface area contributed by atoms with Crippen LogP contribution in [-0.2, 0) is 19.2 Å². The van der Waals surface area contributed by atoms with Crippen molar-refractivity contribution in [2.45, 2.75) is 39.2 Å². The van der Waals surface area contributed by atoms with E-state index in [1.807, 2.05) is 55.1 Å². The minimum Gasteiger partial charge on any atom is -0.480 e.